The highest BCUT2D eigenvalue weighted by Gasteiger charge is 2.31. The molecule has 3 N–H and O–H groups in total. The van der Waals surface area contributed by atoms with Crippen LogP contribution in [0.25, 0.3) is 0 Å². The Bertz CT molecular complexity index is 769. The molecule has 2 aromatic carbocycles. The number of hydrogen-bond donors (Lipinski definition) is 3. The SMILES string of the molecule is O=C(NC(Cc1ccccc1)C(=O)NC1CCOC1O)OCc1ccccc1. The molecule has 28 heavy (non-hydrogen) atoms. The Morgan fingerprint density at radius 2 is 1.71 bits per heavy atom. The second-order valence-corrected chi connectivity index (χ2v) is 6.61. The summed E-state index contributed by atoms with van der Waals surface area (Å²) >= 11 is 0. The molecule has 1 fully saturated rings. The van der Waals surface area contributed by atoms with Crippen molar-refractivity contribution in [1.82, 2.24) is 10.6 Å². The molecule has 1 saturated heterocycles. The lowest BCUT2D eigenvalue weighted by Crippen LogP contribution is -2.52. The fraction of sp³-hybridized carbons (Fsp3) is 0.333. The summed E-state index contributed by atoms with van der Waals surface area (Å²) in [6.07, 6.45) is -0.894. The first-order chi connectivity index (χ1) is 13.6. The number of benzene rings is 2. The lowest BCUT2D eigenvalue weighted by molar-refractivity contribution is -0.127. The standard InChI is InChI=1S/C21H24N2O5/c24-19(22-17-11-12-27-20(17)25)18(13-15-7-3-1-4-8-15)23-21(26)28-14-16-9-5-2-6-10-16/h1-10,17-18,20,25H,11-14H2,(H,22,24)(H,23,26). The quantitative estimate of drug-likeness (QED) is 0.676. The molecule has 0 aromatic heterocycles. The molecule has 3 atom stereocenters. The Morgan fingerprint density at radius 1 is 1.07 bits per heavy atom. The first-order valence-corrected chi connectivity index (χ1v) is 9.23. The van der Waals surface area contributed by atoms with E-state index < -0.39 is 30.4 Å². The van der Waals surface area contributed by atoms with E-state index >= 15 is 0 Å². The maximum Gasteiger partial charge on any atom is 0.408 e. The van der Waals surface area contributed by atoms with Crippen LogP contribution < -0.4 is 10.6 Å². The Hall–Kier alpha value is -2.90. The summed E-state index contributed by atoms with van der Waals surface area (Å²) in [6.45, 7) is 0.490. The third-order valence-electron chi connectivity index (χ3n) is 4.49. The van der Waals surface area contributed by atoms with Crippen molar-refractivity contribution in [3.05, 3.63) is 71.8 Å². The predicted octanol–water partition coefficient (Wildman–Crippen LogP) is 1.75. The van der Waals surface area contributed by atoms with Gasteiger partial charge in [0.25, 0.3) is 0 Å². The average molecular weight is 384 g/mol. The number of carbonyl (C=O) groups is 2. The van der Waals surface area contributed by atoms with Gasteiger partial charge in [-0.2, -0.15) is 0 Å². The maximum atomic E-state index is 12.7. The molecule has 1 aliphatic rings. The van der Waals surface area contributed by atoms with Crippen LogP contribution in [0.15, 0.2) is 60.7 Å². The van der Waals surface area contributed by atoms with Gasteiger partial charge in [-0.25, -0.2) is 4.79 Å². The lowest BCUT2D eigenvalue weighted by atomic mass is 10.0. The molecule has 7 nitrogen and oxygen atoms in total. The number of ether oxygens (including phenoxy) is 2. The van der Waals surface area contributed by atoms with Gasteiger partial charge in [0.15, 0.2) is 6.29 Å². The van der Waals surface area contributed by atoms with Crippen molar-refractivity contribution < 1.29 is 24.2 Å². The summed E-state index contributed by atoms with van der Waals surface area (Å²) in [7, 11) is 0. The first-order valence-electron chi connectivity index (χ1n) is 9.23. The first kappa shape index (κ1) is 19.9. The molecule has 3 rings (SSSR count). The van der Waals surface area contributed by atoms with Crippen molar-refractivity contribution in [2.45, 2.75) is 37.8 Å². The molecule has 2 aromatic rings. The van der Waals surface area contributed by atoms with Gasteiger partial charge in [0, 0.05) is 6.42 Å². The fourth-order valence-electron chi connectivity index (χ4n) is 2.97. The minimum Gasteiger partial charge on any atom is -0.445 e. The highest BCUT2D eigenvalue weighted by atomic mass is 16.6. The van der Waals surface area contributed by atoms with Crippen LogP contribution in [0.2, 0.25) is 0 Å². The summed E-state index contributed by atoms with van der Waals surface area (Å²) in [5.74, 6) is -0.393. The largest absolute Gasteiger partial charge is 0.445 e. The highest BCUT2D eigenvalue weighted by Crippen LogP contribution is 2.12. The Kier molecular flexibility index (Phi) is 7.00. The number of aliphatic hydroxyl groups excluding tert-OH is 1. The van der Waals surface area contributed by atoms with Gasteiger partial charge in [-0.05, 0) is 17.5 Å². The van der Waals surface area contributed by atoms with E-state index in [4.69, 9.17) is 9.47 Å². The second-order valence-electron chi connectivity index (χ2n) is 6.61. The number of amides is 2. The molecular weight excluding hydrogens is 360 g/mol. The van der Waals surface area contributed by atoms with Crippen LogP contribution in [0.1, 0.15) is 17.5 Å². The molecule has 7 heteroatoms. The van der Waals surface area contributed by atoms with E-state index in [0.717, 1.165) is 11.1 Å². The number of rotatable bonds is 7. The van der Waals surface area contributed by atoms with E-state index in [0.29, 0.717) is 19.4 Å². The smallest absolute Gasteiger partial charge is 0.408 e. The van der Waals surface area contributed by atoms with Crippen LogP contribution in [0.3, 0.4) is 0 Å². The van der Waals surface area contributed by atoms with Crippen LogP contribution in [-0.2, 0) is 27.3 Å². The summed E-state index contributed by atoms with van der Waals surface area (Å²) in [5, 5.41) is 15.1. The van der Waals surface area contributed by atoms with Crippen LogP contribution >= 0.6 is 0 Å². The molecular formula is C21H24N2O5. The van der Waals surface area contributed by atoms with Crippen molar-refractivity contribution in [2.75, 3.05) is 6.61 Å². The zero-order valence-electron chi connectivity index (χ0n) is 15.4. The second kappa shape index (κ2) is 9.87. The van der Waals surface area contributed by atoms with Gasteiger partial charge < -0.3 is 25.2 Å². The number of carbonyl (C=O) groups excluding carboxylic acids is 2. The van der Waals surface area contributed by atoms with E-state index in [2.05, 4.69) is 10.6 Å². The molecule has 0 bridgehead atoms. The zero-order valence-corrected chi connectivity index (χ0v) is 15.4. The molecule has 2 amide bonds. The van der Waals surface area contributed by atoms with Gasteiger partial charge in [0.1, 0.15) is 12.6 Å². The average Bonchev–Trinajstić information content (AvgIpc) is 3.12. The number of nitrogens with one attached hydrogen (secondary N) is 2. The molecule has 148 valence electrons. The summed E-state index contributed by atoms with van der Waals surface area (Å²) in [5.41, 5.74) is 1.75. The molecule has 0 radical (unpaired) electrons. The van der Waals surface area contributed by atoms with E-state index in [9.17, 15) is 14.7 Å². The minimum atomic E-state index is -1.04. The highest BCUT2D eigenvalue weighted by molar-refractivity contribution is 5.86. The van der Waals surface area contributed by atoms with Crippen molar-refractivity contribution >= 4 is 12.0 Å². The molecule has 0 aliphatic carbocycles. The number of hydrogen-bond acceptors (Lipinski definition) is 5. The van der Waals surface area contributed by atoms with Crippen LogP contribution in [-0.4, -0.2) is 42.1 Å². The van der Waals surface area contributed by atoms with Gasteiger partial charge in [0.05, 0.1) is 12.6 Å². The third kappa shape index (κ3) is 5.80. The Morgan fingerprint density at radius 3 is 2.32 bits per heavy atom. The number of aliphatic hydroxyl groups is 1. The van der Waals surface area contributed by atoms with Gasteiger partial charge in [-0.1, -0.05) is 60.7 Å². The van der Waals surface area contributed by atoms with E-state index in [1.807, 2.05) is 60.7 Å². The Labute approximate surface area is 163 Å². The Balaban J connectivity index is 1.61. The summed E-state index contributed by atoms with van der Waals surface area (Å²) in [4.78, 5) is 24.9. The monoisotopic (exact) mass is 384 g/mol. The van der Waals surface area contributed by atoms with Crippen molar-refractivity contribution in [2.24, 2.45) is 0 Å². The van der Waals surface area contributed by atoms with Gasteiger partial charge in [-0.3, -0.25) is 4.79 Å². The van der Waals surface area contributed by atoms with Crippen molar-refractivity contribution in [3.8, 4) is 0 Å². The molecule has 1 aliphatic heterocycles. The van der Waals surface area contributed by atoms with Crippen molar-refractivity contribution in [3.63, 3.8) is 0 Å². The molecule has 3 unspecified atom stereocenters. The summed E-state index contributed by atoms with van der Waals surface area (Å²) in [6, 6.07) is 17.3. The lowest BCUT2D eigenvalue weighted by Gasteiger charge is -2.22. The molecule has 1 heterocycles. The third-order valence-corrected chi connectivity index (χ3v) is 4.49. The molecule has 0 saturated carbocycles. The minimum absolute atomic E-state index is 0.113. The summed E-state index contributed by atoms with van der Waals surface area (Å²) < 4.78 is 10.3. The topological polar surface area (TPSA) is 96.9 Å². The zero-order chi connectivity index (χ0) is 19.8. The molecule has 0 spiro atoms. The van der Waals surface area contributed by atoms with Gasteiger partial charge in [-0.15, -0.1) is 0 Å². The van der Waals surface area contributed by atoms with E-state index in [1.165, 1.54) is 0 Å². The normalized spacial score (nSPS) is 19.6. The van der Waals surface area contributed by atoms with E-state index in [1.54, 1.807) is 0 Å². The van der Waals surface area contributed by atoms with Gasteiger partial charge in [0.2, 0.25) is 5.91 Å². The van der Waals surface area contributed by atoms with Crippen molar-refractivity contribution in [1.29, 1.82) is 0 Å². The fourth-order valence-corrected chi connectivity index (χ4v) is 2.97. The maximum absolute atomic E-state index is 12.7. The predicted molar refractivity (Wildman–Crippen MR) is 102 cm³/mol. The number of alkyl carbamates (subject to hydrolysis) is 1. The van der Waals surface area contributed by atoms with Gasteiger partial charge >= 0.3 is 6.09 Å². The van der Waals surface area contributed by atoms with E-state index in [-0.39, 0.29) is 6.61 Å². The van der Waals surface area contributed by atoms with Crippen LogP contribution in [0.4, 0.5) is 4.79 Å². The van der Waals surface area contributed by atoms with Crippen LogP contribution in [0, 0.1) is 0 Å². The van der Waals surface area contributed by atoms with Crippen LogP contribution in [0.5, 0.6) is 0 Å².